The summed E-state index contributed by atoms with van der Waals surface area (Å²) in [6, 6.07) is 0.104. The summed E-state index contributed by atoms with van der Waals surface area (Å²) in [5.41, 5.74) is 0.453. The van der Waals surface area contributed by atoms with Crippen LogP contribution in [0.2, 0.25) is 0 Å². The highest BCUT2D eigenvalue weighted by molar-refractivity contribution is 8.01. The van der Waals surface area contributed by atoms with Gasteiger partial charge in [-0.05, 0) is 51.4 Å². The molecule has 2 aliphatic rings. The van der Waals surface area contributed by atoms with Crippen LogP contribution < -0.4 is 0 Å². The molecule has 0 unspecified atom stereocenters. The number of esters is 1. The zero-order chi connectivity index (χ0) is 22.4. The quantitative estimate of drug-likeness (QED) is 0.290. The number of thiazole rings is 1. The molecule has 2 atom stereocenters. The van der Waals surface area contributed by atoms with E-state index in [1.165, 1.54) is 17.8 Å². The largest absolute Gasteiger partial charge is 0.458 e. The Hall–Kier alpha value is -1.38. The molecule has 1 aliphatic carbocycles. The van der Waals surface area contributed by atoms with Gasteiger partial charge in [0, 0.05) is 24.1 Å². The minimum Gasteiger partial charge on any atom is -0.458 e. The summed E-state index contributed by atoms with van der Waals surface area (Å²) in [6.07, 6.45) is 10.3. The number of carbonyl (C=O) groups excluding carboxylic acids is 2. The lowest BCUT2D eigenvalue weighted by Gasteiger charge is -2.45. The van der Waals surface area contributed by atoms with Crippen molar-refractivity contribution in [3.05, 3.63) is 23.2 Å². The Morgan fingerprint density at radius 2 is 2.26 bits per heavy atom. The molecule has 0 radical (unpaired) electrons. The number of nitrogens with zero attached hydrogens (tertiary/aromatic N) is 2. The number of ether oxygens (including phenoxy) is 1. The molecule has 1 N–H and O–H groups in total. The van der Waals surface area contributed by atoms with Crippen molar-refractivity contribution < 1.29 is 19.4 Å². The number of rotatable bonds is 11. The SMILES string of the molecule is CCC1([C@@H](O)C/C=C/[C@H]2CCC(=O)N2CCSc2nc(C(=O)OC(C)C)cs2)CCC1. The molecule has 1 amide bonds. The minimum atomic E-state index is -0.396. The predicted molar refractivity (Wildman–Crippen MR) is 124 cm³/mol. The fourth-order valence-electron chi connectivity index (χ4n) is 4.34. The van der Waals surface area contributed by atoms with Gasteiger partial charge in [-0.3, -0.25) is 4.79 Å². The molecular formula is C23H34N2O4S2. The molecule has 3 rings (SSSR count). The number of hydrogen-bond donors (Lipinski definition) is 1. The van der Waals surface area contributed by atoms with Crippen LogP contribution in [0, 0.1) is 5.41 Å². The van der Waals surface area contributed by atoms with Crippen LogP contribution in [0.25, 0.3) is 0 Å². The van der Waals surface area contributed by atoms with Crippen molar-refractivity contribution in [1.29, 1.82) is 0 Å². The van der Waals surface area contributed by atoms with Crippen LogP contribution in [0.15, 0.2) is 21.9 Å². The summed E-state index contributed by atoms with van der Waals surface area (Å²) in [5, 5.41) is 12.3. The van der Waals surface area contributed by atoms with E-state index in [1.54, 1.807) is 17.1 Å². The number of hydrogen-bond acceptors (Lipinski definition) is 7. The lowest BCUT2D eigenvalue weighted by molar-refractivity contribution is -0.128. The van der Waals surface area contributed by atoms with Crippen molar-refractivity contribution >= 4 is 35.0 Å². The second-order valence-electron chi connectivity index (χ2n) is 8.74. The van der Waals surface area contributed by atoms with Gasteiger partial charge in [-0.1, -0.05) is 37.3 Å². The van der Waals surface area contributed by atoms with Gasteiger partial charge in [0.1, 0.15) is 0 Å². The molecule has 1 saturated heterocycles. The molecule has 0 spiro atoms. The Morgan fingerprint density at radius 1 is 1.48 bits per heavy atom. The van der Waals surface area contributed by atoms with E-state index in [-0.39, 0.29) is 29.6 Å². The van der Waals surface area contributed by atoms with Gasteiger partial charge in [0.05, 0.1) is 18.2 Å². The van der Waals surface area contributed by atoms with Gasteiger partial charge in [-0.25, -0.2) is 9.78 Å². The van der Waals surface area contributed by atoms with Gasteiger partial charge in [-0.2, -0.15) is 0 Å². The molecule has 1 aliphatic heterocycles. The van der Waals surface area contributed by atoms with Crippen LogP contribution in [0.1, 0.15) is 76.2 Å². The van der Waals surface area contributed by atoms with E-state index in [0.29, 0.717) is 25.1 Å². The zero-order valence-corrected chi connectivity index (χ0v) is 20.3. The number of thioether (sulfide) groups is 1. The molecule has 1 aromatic heterocycles. The summed E-state index contributed by atoms with van der Waals surface area (Å²) in [6.45, 7) is 6.44. The van der Waals surface area contributed by atoms with E-state index in [1.807, 2.05) is 18.7 Å². The molecule has 6 nitrogen and oxygen atoms in total. The Balaban J connectivity index is 1.46. The third-order valence-corrected chi connectivity index (χ3v) is 8.45. The molecule has 1 aromatic rings. The molecule has 172 valence electrons. The fraction of sp³-hybridized carbons (Fsp3) is 0.696. The van der Waals surface area contributed by atoms with Crippen LogP contribution in [0.5, 0.6) is 0 Å². The first-order valence-electron chi connectivity index (χ1n) is 11.3. The second kappa shape index (κ2) is 11.0. The van der Waals surface area contributed by atoms with Crippen molar-refractivity contribution in [2.75, 3.05) is 12.3 Å². The second-order valence-corrected chi connectivity index (χ2v) is 10.9. The number of aromatic nitrogens is 1. The van der Waals surface area contributed by atoms with E-state index < -0.39 is 5.97 Å². The Kier molecular flexibility index (Phi) is 8.58. The number of aliphatic hydroxyl groups excluding tert-OH is 1. The number of likely N-dealkylation sites (tertiary alicyclic amines) is 1. The van der Waals surface area contributed by atoms with Crippen molar-refractivity contribution in [2.24, 2.45) is 5.41 Å². The molecule has 0 aromatic carbocycles. The lowest BCUT2D eigenvalue weighted by atomic mass is 9.63. The fourth-order valence-corrected chi connectivity index (χ4v) is 6.14. The topological polar surface area (TPSA) is 79.7 Å². The van der Waals surface area contributed by atoms with Crippen LogP contribution in [0.4, 0.5) is 0 Å². The molecule has 1 saturated carbocycles. The first-order valence-corrected chi connectivity index (χ1v) is 13.1. The van der Waals surface area contributed by atoms with Gasteiger partial charge in [0.2, 0.25) is 5.91 Å². The van der Waals surface area contributed by atoms with Crippen molar-refractivity contribution in [1.82, 2.24) is 9.88 Å². The van der Waals surface area contributed by atoms with Crippen molar-refractivity contribution in [3.63, 3.8) is 0 Å². The van der Waals surface area contributed by atoms with E-state index in [9.17, 15) is 14.7 Å². The average molecular weight is 467 g/mol. The van der Waals surface area contributed by atoms with Crippen LogP contribution in [-0.2, 0) is 9.53 Å². The van der Waals surface area contributed by atoms with Gasteiger partial charge >= 0.3 is 5.97 Å². The first kappa shape index (κ1) is 24.3. The maximum Gasteiger partial charge on any atom is 0.358 e. The van der Waals surface area contributed by atoms with Crippen LogP contribution in [-0.4, -0.2) is 57.4 Å². The summed E-state index contributed by atoms with van der Waals surface area (Å²) in [4.78, 5) is 30.5. The molecule has 31 heavy (non-hydrogen) atoms. The maximum atomic E-state index is 12.3. The van der Waals surface area contributed by atoms with E-state index in [0.717, 1.165) is 35.8 Å². The Bertz CT molecular complexity index is 783. The van der Waals surface area contributed by atoms with Gasteiger partial charge in [0.25, 0.3) is 0 Å². The maximum absolute atomic E-state index is 12.3. The third-order valence-electron chi connectivity index (χ3n) is 6.45. The molecule has 8 heteroatoms. The minimum absolute atomic E-state index is 0.104. The third kappa shape index (κ3) is 6.11. The van der Waals surface area contributed by atoms with E-state index in [2.05, 4.69) is 24.1 Å². The highest BCUT2D eigenvalue weighted by atomic mass is 32.2. The van der Waals surface area contributed by atoms with E-state index >= 15 is 0 Å². The normalized spacial score (nSPS) is 21.6. The van der Waals surface area contributed by atoms with E-state index in [4.69, 9.17) is 4.74 Å². The zero-order valence-electron chi connectivity index (χ0n) is 18.7. The van der Waals surface area contributed by atoms with Crippen molar-refractivity contribution in [3.8, 4) is 0 Å². The standard InChI is InChI=1S/C23H34N2O4S2/c1-4-23(11-6-12-23)19(26)8-5-7-17-9-10-20(27)25(17)13-14-30-22-24-18(15-31-22)21(28)29-16(2)3/h5,7,15-17,19,26H,4,6,8-14H2,1-3H3/b7-5+/t17-,19-/m0/s1. The van der Waals surface area contributed by atoms with Gasteiger partial charge in [-0.15, -0.1) is 11.3 Å². The summed E-state index contributed by atoms with van der Waals surface area (Å²) in [7, 11) is 0. The Labute approximate surface area is 193 Å². The Morgan fingerprint density at radius 3 is 2.90 bits per heavy atom. The number of amides is 1. The highest BCUT2D eigenvalue weighted by Crippen LogP contribution is 2.47. The molecule has 2 heterocycles. The monoisotopic (exact) mass is 466 g/mol. The smallest absolute Gasteiger partial charge is 0.358 e. The predicted octanol–water partition coefficient (Wildman–Crippen LogP) is 4.68. The first-order chi connectivity index (χ1) is 14.8. The average Bonchev–Trinajstić information content (AvgIpc) is 3.29. The summed E-state index contributed by atoms with van der Waals surface area (Å²) in [5.74, 6) is 0.510. The molecular weight excluding hydrogens is 432 g/mol. The number of carbonyl (C=O) groups is 2. The van der Waals surface area contributed by atoms with Gasteiger partial charge < -0.3 is 14.7 Å². The summed E-state index contributed by atoms with van der Waals surface area (Å²) >= 11 is 2.98. The summed E-state index contributed by atoms with van der Waals surface area (Å²) < 4.78 is 5.98. The van der Waals surface area contributed by atoms with Crippen molar-refractivity contribution in [2.45, 2.75) is 88.3 Å². The van der Waals surface area contributed by atoms with Gasteiger partial charge in [0.15, 0.2) is 10.0 Å². The lowest BCUT2D eigenvalue weighted by Crippen LogP contribution is -2.40. The van der Waals surface area contributed by atoms with Crippen LogP contribution in [0.3, 0.4) is 0 Å². The highest BCUT2D eigenvalue weighted by Gasteiger charge is 2.41. The molecule has 2 fully saturated rings. The number of aliphatic hydroxyl groups is 1. The molecule has 0 bridgehead atoms. The van der Waals surface area contributed by atoms with Crippen LogP contribution >= 0.6 is 23.1 Å².